The first-order valence-corrected chi connectivity index (χ1v) is 23.0. The Kier molecular flexibility index (Phi) is 10.2. The molecule has 1 atom stereocenters. The highest BCUT2D eigenvalue weighted by Crippen LogP contribution is 2.39. The van der Waals surface area contributed by atoms with Crippen LogP contribution in [0.5, 0.6) is 5.75 Å². The van der Waals surface area contributed by atoms with E-state index in [1.54, 1.807) is 12.4 Å². The number of aryl methyl sites for hydroxylation is 1. The van der Waals surface area contributed by atoms with Crippen molar-refractivity contribution in [2.45, 2.75) is 19.3 Å². The number of carbonyl (C=O) groups is 2. The van der Waals surface area contributed by atoms with Crippen molar-refractivity contribution < 1.29 is 14.3 Å². The Morgan fingerprint density at radius 2 is 1.31 bits per heavy atom. The number of hydrogen-bond acceptors (Lipinski definition) is 13. The van der Waals surface area contributed by atoms with Crippen LogP contribution in [0.15, 0.2) is 104 Å². The summed E-state index contributed by atoms with van der Waals surface area (Å²) in [6.07, 6.45) is 10.9. The Morgan fingerprint density at radius 3 is 1.99 bits per heavy atom. The molecule has 2 saturated heterocycles. The minimum atomic E-state index is -0.293. The summed E-state index contributed by atoms with van der Waals surface area (Å²) in [6, 6.07) is 22.3. The molecule has 5 N–H and O–H groups in total. The Morgan fingerprint density at radius 1 is 0.647 bits per heavy atom. The quantitative estimate of drug-likeness (QED) is 0.101. The van der Waals surface area contributed by atoms with Gasteiger partial charge in [-0.2, -0.15) is 0 Å². The largest absolute Gasteiger partial charge is 0.469 e. The molecule has 17 heteroatoms. The van der Waals surface area contributed by atoms with Crippen LogP contribution in [-0.2, 0) is 20.1 Å². The predicted octanol–water partition coefficient (Wildman–Crippen LogP) is 6.46. The number of fused-ring (bicyclic) bond motifs is 4. The van der Waals surface area contributed by atoms with Gasteiger partial charge in [-0.3, -0.25) is 24.5 Å². The van der Waals surface area contributed by atoms with E-state index in [1.165, 1.54) is 0 Å². The Labute approximate surface area is 392 Å². The molecule has 68 heavy (non-hydrogen) atoms. The van der Waals surface area contributed by atoms with Crippen LogP contribution in [0.25, 0.3) is 44.3 Å². The third-order valence-corrected chi connectivity index (χ3v) is 13.8. The molecule has 4 aliphatic heterocycles. The number of hydrogen-bond donors (Lipinski definition) is 5. The van der Waals surface area contributed by atoms with Crippen LogP contribution in [0.3, 0.4) is 0 Å². The molecule has 2 fully saturated rings. The molecule has 8 aromatic rings. The van der Waals surface area contributed by atoms with Crippen molar-refractivity contribution in [3.05, 3.63) is 126 Å². The molecule has 4 aliphatic rings. The first kappa shape index (κ1) is 41.4. The Bertz CT molecular complexity index is 3270. The zero-order valence-electron chi connectivity index (χ0n) is 38.0. The van der Waals surface area contributed by atoms with Crippen LogP contribution >= 0.6 is 0 Å². The molecule has 0 bridgehead atoms. The smallest absolute Gasteiger partial charge is 0.254 e. The van der Waals surface area contributed by atoms with Gasteiger partial charge in [0.05, 0.1) is 76.6 Å². The average molecular weight is 907 g/mol. The van der Waals surface area contributed by atoms with Crippen LogP contribution < -0.4 is 35.8 Å². The number of anilines is 6. The van der Waals surface area contributed by atoms with Gasteiger partial charge in [-0.1, -0.05) is 12.1 Å². The van der Waals surface area contributed by atoms with Gasteiger partial charge in [0.1, 0.15) is 17.4 Å². The second-order valence-corrected chi connectivity index (χ2v) is 18.1. The molecule has 6 aromatic heterocycles. The number of nitrogens with zero attached hydrogens (tertiary/aromatic N) is 9. The van der Waals surface area contributed by atoms with Crippen LogP contribution in [0.2, 0.25) is 0 Å². The SMILES string of the molecule is CN1CCN(c2ccc(Nc3cnc(-c4c[nH]c5cc(OC6CN(C)CCN6c6ccc(Nc7cnc(-c8cccc9c8ccn9C)c8c7C(=O)NC8)nc6)ccc45)c4c3C(=O)NC4)nc2)CC1. The number of rotatable bonds is 10. The summed E-state index contributed by atoms with van der Waals surface area (Å²) in [4.78, 5) is 58.5. The number of aromatic nitrogens is 6. The first-order chi connectivity index (χ1) is 33.2. The molecule has 1 unspecified atom stereocenters. The van der Waals surface area contributed by atoms with Gasteiger partial charge < -0.3 is 50.3 Å². The summed E-state index contributed by atoms with van der Waals surface area (Å²) >= 11 is 0. The zero-order valence-corrected chi connectivity index (χ0v) is 38.0. The van der Waals surface area contributed by atoms with Gasteiger partial charge in [0.25, 0.3) is 11.8 Å². The average Bonchev–Trinajstić information content (AvgIpc) is 4.16. The number of likely N-dealkylation sites (N-methyl/N-ethyl adjacent to an activating group) is 2. The van der Waals surface area contributed by atoms with Crippen LogP contribution in [-0.4, -0.2) is 117 Å². The zero-order chi connectivity index (χ0) is 46.0. The van der Waals surface area contributed by atoms with Gasteiger partial charge in [0.2, 0.25) is 0 Å². The minimum absolute atomic E-state index is 0.137. The van der Waals surface area contributed by atoms with Crippen molar-refractivity contribution in [2.24, 2.45) is 7.05 Å². The number of piperazine rings is 2. The molecule has 2 aromatic carbocycles. The number of benzene rings is 2. The molecule has 0 saturated carbocycles. The lowest BCUT2D eigenvalue weighted by molar-refractivity contribution is 0.0958. The summed E-state index contributed by atoms with van der Waals surface area (Å²) in [7, 11) is 6.27. The third-order valence-electron chi connectivity index (χ3n) is 13.8. The van der Waals surface area contributed by atoms with E-state index in [-0.39, 0.29) is 18.0 Å². The fourth-order valence-electron chi connectivity index (χ4n) is 10.1. The number of amides is 2. The van der Waals surface area contributed by atoms with Crippen molar-refractivity contribution >= 4 is 68.0 Å². The number of ether oxygens (including phenoxy) is 1. The van der Waals surface area contributed by atoms with Crippen molar-refractivity contribution in [3.63, 3.8) is 0 Å². The van der Waals surface area contributed by atoms with Crippen molar-refractivity contribution in [3.8, 4) is 28.3 Å². The number of aromatic amines is 1. The second-order valence-electron chi connectivity index (χ2n) is 18.1. The van der Waals surface area contributed by atoms with Gasteiger partial charge in [-0.25, -0.2) is 9.97 Å². The van der Waals surface area contributed by atoms with E-state index < -0.39 is 0 Å². The molecule has 0 aliphatic carbocycles. The molecule has 342 valence electrons. The summed E-state index contributed by atoms with van der Waals surface area (Å²) in [5.74, 6) is 1.69. The van der Waals surface area contributed by atoms with Gasteiger partial charge in [-0.15, -0.1) is 0 Å². The molecular formula is C51H50N14O3. The summed E-state index contributed by atoms with van der Waals surface area (Å²) < 4.78 is 8.85. The lowest BCUT2D eigenvalue weighted by atomic mass is 9.99. The topological polar surface area (TPSA) is 177 Å². The maximum absolute atomic E-state index is 13.3. The molecular weight excluding hydrogens is 857 g/mol. The molecule has 10 heterocycles. The molecule has 17 nitrogen and oxygen atoms in total. The van der Waals surface area contributed by atoms with Gasteiger partial charge >= 0.3 is 0 Å². The Balaban J connectivity index is 0.755. The number of H-pyrrole nitrogens is 1. The highest BCUT2D eigenvalue weighted by molar-refractivity contribution is 6.08. The number of nitrogens with one attached hydrogen (secondary N) is 5. The van der Waals surface area contributed by atoms with Crippen LogP contribution in [0.1, 0.15) is 31.8 Å². The summed E-state index contributed by atoms with van der Waals surface area (Å²) in [6.45, 7) is 7.03. The Hall–Kier alpha value is -8.02. The standard InChI is InChI=1S/C51H50N14O3/c1-61-15-18-64(19-16-61)30-7-11-43(53-22-30)59-41-28-56-49(38-26-58-51(67)47(38)41)36-24-52-39-21-32(9-10-33(36)39)68-45-29-62(2)17-20-65(45)31-8-12-44(54-23-31)60-40-27-55-48(37-25-57-50(66)46(37)40)35-5-4-6-42-34(35)13-14-63(42)3/h4-14,21-24,27-28,45,52H,15-20,25-26,29H2,1-3H3,(H,53,59)(H,54,60)(H,57,66)(H,58,67). The third kappa shape index (κ3) is 7.36. The molecule has 0 radical (unpaired) electrons. The fourth-order valence-corrected chi connectivity index (χ4v) is 10.1. The van der Waals surface area contributed by atoms with Gasteiger partial charge in [0, 0.05) is 122 Å². The number of pyridine rings is 4. The van der Waals surface area contributed by atoms with E-state index in [1.807, 2.05) is 74.3 Å². The van der Waals surface area contributed by atoms with Gasteiger partial charge in [0.15, 0.2) is 6.23 Å². The molecule has 12 rings (SSSR count). The van der Waals surface area contributed by atoms with E-state index >= 15 is 0 Å². The highest BCUT2D eigenvalue weighted by Gasteiger charge is 2.31. The first-order valence-electron chi connectivity index (χ1n) is 23.0. The van der Waals surface area contributed by atoms with E-state index in [0.717, 1.165) is 112 Å². The van der Waals surface area contributed by atoms with Crippen molar-refractivity contribution in [1.29, 1.82) is 0 Å². The second kappa shape index (κ2) is 16.7. The van der Waals surface area contributed by atoms with E-state index in [9.17, 15) is 9.59 Å². The minimum Gasteiger partial charge on any atom is -0.469 e. The number of carbonyl (C=O) groups excluding carboxylic acids is 2. The molecule has 2 amide bonds. The van der Waals surface area contributed by atoms with Crippen molar-refractivity contribution in [2.75, 3.05) is 80.3 Å². The normalized spacial score (nSPS) is 17.4. The maximum Gasteiger partial charge on any atom is 0.254 e. The predicted molar refractivity (Wildman–Crippen MR) is 264 cm³/mol. The van der Waals surface area contributed by atoms with E-state index in [4.69, 9.17) is 19.7 Å². The fraction of sp³-hybridized carbons (Fsp3) is 0.255. The molecule has 0 spiro atoms. The highest BCUT2D eigenvalue weighted by atomic mass is 16.5. The lowest BCUT2D eigenvalue weighted by Gasteiger charge is -2.40. The van der Waals surface area contributed by atoms with Crippen LogP contribution in [0.4, 0.5) is 34.4 Å². The summed E-state index contributed by atoms with van der Waals surface area (Å²) in [5, 5.41) is 14.8. The lowest BCUT2D eigenvalue weighted by Crippen LogP contribution is -2.54. The van der Waals surface area contributed by atoms with Crippen molar-refractivity contribution in [1.82, 2.24) is 49.9 Å². The van der Waals surface area contributed by atoms with Gasteiger partial charge in [-0.05, 0) is 62.6 Å². The maximum atomic E-state index is 13.3. The monoisotopic (exact) mass is 906 g/mol. The van der Waals surface area contributed by atoms with Crippen LogP contribution in [0, 0.1) is 0 Å². The van der Waals surface area contributed by atoms with E-state index in [2.05, 4.69) is 93.8 Å². The summed E-state index contributed by atoms with van der Waals surface area (Å²) in [5.41, 5.74) is 11.5. The van der Waals surface area contributed by atoms with E-state index in [0.29, 0.717) is 53.8 Å².